The summed E-state index contributed by atoms with van der Waals surface area (Å²) < 4.78 is 35.0. The van der Waals surface area contributed by atoms with Crippen LogP contribution in [0.5, 0.6) is 5.75 Å². The molecule has 42 heavy (non-hydrogen) atoms. The van der Waals surface area contributed by atoms with Crippen molar-refractivity contribution in [2.75, 3.05) is 25.0 Å². The Labute approximate surface area is 255 Å². The molecule has 0 aliphatic carbocycles. The molecule has 0 saturated carbocycles. The van der Waals surface area contributed by atoms with Crippen LogP contribution in [0.1, 0.15) is 11.1 Å². The van der Waals surface area contributed by atoms with Gasteiger partial charge in [-0.1, -0.05) is 82.7 Å². The molecule has 8 nitrogen and oxygen atoms in total. The van der Waals surface area contributed by atoms with E-state index in [-0.39, 0.29) is 23.8 Å². The Balaban J connectivity index is 1.79. The molecule has 218 valence electrons. The van der Waals surface area contributed by atoms with Crippen molar-refractivity contribution in [2.24, 2.45) is 0 Å². The Morgan fingerprint density at radius 2 is 1.50 bits per heavy atom. The van der Waals surface area contributed by atoms with Crippen LogP contribution in [0.25, 0.3) is 0 Å². The minimum atomic E-state index is -4.15. The molecule has 0 heterocycles. The van der Waals surface area contributed by atoms with Crippen molar-refractivity contribution in [3.8, 4) is 5.75 Å². The third-order valence-electron chi connectivity index (χ3n) is 6.71. The highest BCUT2D eigenvalue weighted by Gasteiger charge is 2.34. The molecule has 1 atom stereocenters. The number of benzene rings is 4. The van der Waals surface area contributed by atoms with Gasteiger partial charge in [0.25, 0.3) is 10.0 Å². The van der Waals surface area contributed by atoms with Gasteiger partial charge in [-0.05, 0) is 53.6 Å². The Morgan fingerprint density at radius 1 is 0.857 bits per heavy atom. The van der Waals surface area contributed by atoms with Gasteiger partial charge >= 0.3 is 0 Å². The van der Waals surface area contributed by atoms with Gasteiger partial charge in [0.05, 0.1) is 17.7 Å². The highest BCUT2D eigenvalue weighted by molar-refractivity contribution is 9.10. The summed E-state index contributed by atoms with van der Waals surface area (Å²) in [6, 6.07) is 30.4. The van der Waals surface area contributed by atoms with Crippen LogP contribution in [0.3, 0.4) is 0 Å². The smallest absolute Gasteiger partial charge is 0.264 e. The largest absolute Gasteiger partial charge is 0.497 e. The minimum absolute atomic E-state index is 0.0456. The second-order valence-electron chi connectivity index (χ2n) is 9.50. The van der Waals surface area contributed by atoms with Gasteiger partial charge in [0.2, 0.25) is 11.8 Å². The number of hydrogen-bond donors (Lipinski definition) is 1. The Kier molecular flexibility index (Phi) is 10.4. The Morgan fingerprint density at radius 3 is 2.14 bits per heavy atom. The quantitative estimate of drug-likeness (QED) is 0.232. The highest BCUT2D eigenvalue weighted by Crippen LogP contribution is 2.27. The van der Waals surface area contributed by atoms with E-state index < -0.39 is 28.5 Å². The first-order valence-corrected chi connectivity index (χ1v) is 15.5. The molecule has 4 aromatic rings. The fourth-order valence-electron chi connectivity index (χ4n) is 4.57. The summed E-state index contributed by atoms with van der Waals surface area (Å²) in [6.45, 7) is -0.474. The number of likely N-dealkylation sites (N-methyl/N-ethyl adjacent to an activating group) is 1. The van der Waals surface area contributed by atoms with E-state index in [1.165, 1.54) is 24.1 Å². The van der Waals surface area contributed by atoms with Gasteiger partial charge in [0.15, 0.2) is 0 Å². The lowest BCUT2D eigenvalue weighted by molar-refractivity contribution is -0.139. The predicted molar refractivity (Wildman–Crippen MR) is 167 cm³/mol. The van der Waals surface area contributed by atoms with E-state index in [4.69, 9.17) is 4.74 Å². The number of rotatable bonds is 12. The number of ether oxygens (including phenoxy) is 1. The number of methoxy groups -OCH3 is 1. The van der Waals surface area contributed by atoms with Crippen molar-refractivity contribution in [3.63, 3.8) is 0 Å². The molecule has 0 bridgehead atoms. The van der Waals surface area contributed by atoms with Gasteiger partial charge in [-0.15, -0.1) is 0 Å². The fourth-order valence-corrected chi connectivity index (χ4v) is 6.38. The average Bonchev–Trinajstić information content (AvgIpc) is 3.02. The topological polar surface area (TPSA) is 96.0 Å². The van der Waals surface area contributed by atoms with Gasteiger partial charge in [-0.25, -0.2) is 8.42 Å². The molecular weight excluding hydrogens is 618 g/mol. The number of nitrogens with zero attached hydrogens (tertiary/aromatic N) is 2. The third-order valence-corrected chi connectivity index (χ3v) is 8.99. The van der Waals surface area contributed by atoms with Crippen molar-refractivity contribution >= 4 is 43.5 Å². The maximum absolute atomic E-state index is 14.3. The molecular formula is C32H32BrN3O5S. The van der Waals surface area contributed by atoms with E-state index in [1.807, 2.05) is 36.4 Å². The van der Waals surface area contributed by atoms with Gasteiger partial charge < -0.3 is 15.0 Å². The summed E-state index contributed by atoms with van der Waals surface area (Å²) in [5.41, 5.74) is 1.89. The SMILES string of the molecule is CNC(=O)[C@@H](Cc1ccccc1)N(Cc1cccc(OC)c1)C(=O)CN(c1cccc(Br)c1)S(=O)(=O)c1ccccc1. The maximum atomic E-state index is 14.3. The van der Waals surface area contributed by atoms with Crippen LogP contribution in [0.2, 0.25) is 0 Å². The minimum Gasteiger partial charge on any atom is -0.497 e. The maximum Gasteiger partial charge on any atom is 0.264 e. The summed E-state index contributed by atoms with van der Waals surface area (Å²) in [7, 11) is -1.08. The molecule has 0 aromatic heterocycles. The molecule has 1 N–H and O–H groups in total. The first-order valence-electron chi connectivity index (χ1n) is 13.2. The van der Waals surface area contributed by atoms with Crippen LogP contribution in [-0.4, -0.2) is 51.9 Å². The lowest BCUT2D eigenvalue weighted by Gasteiger charge is -2.33. The summed E-state index contributed by atoms with van der Waals surface area (Å²) in [5, 5.41) is 2.68. The standard InChI is InChI=1S/C32H32BrN3O5S/c1-34-32(38)30(20-24-11-5-3-6-12-24)35(22-25-13-9-16-28(19-25)41-2)31(37)23-36(27-15-10-14-26(33)21-27)42(39,40)29-17-7-4-8-18-29/h3-19,21,30H,20,22-23H2,1-2H3,(H,34,38)/t30-/m1/s1. The van der Waals surface area contributed by atoms with E-state index >= 15 is 0 Å². The second kappa shape index (κ2) is 14.2. The van der Waals surface area contributed by atoms with Gasteiger partial charge in [0.1, 0.15) is 18.3 Å². The summed E-state index contributed by atoms with van der Waals surface area (Å²) in [4.78, 5) is 29.1. The van der Waals surface area contributed by atoms with Crippen molar-refractivity contribution in [3.05, 3.63) is 125 Å². The van der Waals surface area contributed by atoms with Crippen LogP contribution < -0.4 is 14.4 Å². The fraction of sp³-hybridized carbons (Fsp3) is 0.188. The molecule has 0 radical (unpaired) electrons. The zero-order valence-electron chi connectivity index (χ0n) is 23.3. The van der Waals surface area contributed by atoms with Crippen LogP contribution in [-0.2, 0) is 32.6 Å². The number of halogens is 1. The van der Waals surface area contributed by atoms with Crippen LogP contribution in [0.15, 0.2) is 119 Å². The first kappa shape index (κ1) is 30.8. The molecule has 4 aromatic carbocycles. The summed E-state index contributed by atoms with van der Waals surface area (Å²) in [5.74, 6) is -0.307. The lowest BCUT2D eigenvalue weighted by Crippen LogP contribution is -2.53. The molecule has 0 spiro atoms. The van der Waals surface area contributed by atoms with Crippen LogP contribution >= 0.6 is 15.9 Å². The zero-order valence-corrected chi connectivity index (χ0v) is 25.7. The molecule has 0 saturated heterocycles. The average molecular weight is 651 g/mol. The Hall–Kier alpha value is -4.15. The van der Waals surface area contributed by atoms with E-state index in [0.717, 1.165) is 15.4 Å². The molecule has 0 aliphatic rings. The van der Waals surface area contributed by atoms with Gasteiger partial charge in [-0.2, -0.15) is 0 Å². The van der Waals surface area contributed by atoms with E-state index in [2.05, 4.69) is 21.2 Å². The van der Waals surface area contributed by atoms with Crippen LogP contribution in [0, 0.1) is 0 Å². The van der Waals surface area contributed by atoms with Crippen molar-refractivity contribution in [1.82, 2.24) is 10.2 Å². The van der Waals surface area contributed by atoms with Gasteiger partial charge in [0, 0.05) is 24.5 Å². The van der Waals surface area contributed by atoms with Crippen molar-refractivity contribution in [2.45, 2.75) is 23.9 Å². The van der Waals surface area contributed by atoms with Crippen molar-refractivity contribution in [1.29, 1.82) is 0 Å². The zero-order chi connectivity index (χ0) is 30.1. The Bertz CT molecular complexity index is 1620. The molecule has 0 unspecified atom stereocenters. The lowest BCUT2D eigenvalue weighted by atomic mass is 10.0. The molecule has 0 fully saturated rings. The second-order valence-corrected chi connectivity index (χ2v) is 12.3. The number of nitrogens with one attached hydrogen (secondary N) is 1. The number of amides is 2. The summed E-state index contributed by atoms with van der Waals surface area (Å²) >= 11 is 3.41. The summed E-state index contributed by atoms with van der Waals surface area (Å²) in [6.07, 6.45) is 0.235. The van der Waals surface area contributed by atoms with E-state index in [1.54, 1.807) is 67.8 Å². The van der Waals surface area contributed by atoms with E-state index in [9.17, 15) is 18.0 Å². The number of sulfonamides is 1. The number of carbonyl (C=O) groups excluding carboxylic acids is 2. The van der Waals surface area contributed by atoms with Crippen LogP contribution in [0.4, 0.5) is 5.69 Å². The molecule has 2 amide bonds. The normalized spacial score (nSPS) is 11.8. The number of carbonyl (C=O) groups is 2. The van der Waals surface area contributed by atoms with E-state index in [0.29, 0.717) is 15.9 Å². The highest BCUT2D eigenvalue weighted by atomic mass is 79.9. The predicted octanol–water partition coefficient (Wildman–Crippen LogP) is 5.04. The number of hydrogen-bond acceptors (Lipinski definition) is 5. The molecule has 0 aliphatic heterocycles. The third kappa shape index (κ3) is 7.57. The van der Waals surface area contributed by atoms with Crippen molar-refractivity contribution < 1.29 is 22.7 Å². The number of anilines is 1. The molecule has 4 rings (SSSR count). The monoisotopic (exact) mass is 649 g/mol. The van der Waals surface area contributed by atoms with Gasteiger partial charge in [-0.3, -0.25) is 13.9 Å². The molecule has 10 heteroatoms. The first-order chi connectivity index (χ1) is 20.2.